The fourth-order valence-corrected chi connectivity index (χ4v) is 4.63. The molecule has 5 nitrogen and oxygen atoms in total. The molecule has 158 valence electrons. The van der Waals surface area contributed by atoms with Gasteiger partial charge in [0.05, 0.1) is 7.11 Å². The second-order valence-electron chi connectivity index (χ2n) is 7.93. The molecule has 4 rings (SSSR count). The second kappa shape index (κ2) is 9.61. The number of nitrogens with zero attached hydrogens (tertiary/aromatic N) is 2. The van der Waals surface area contributed by atoms with Gasteiger partial charge in [-0.1, -0.05) is 0 Å². The minimum Gasteiger partial charge on any atom is -0.496 e. The van der Waals surface area contributed by atoms with Crippen LogP contribution in [0.4, 0.5) is 4.39 Å². The van der Waals surface area contributed by atoms with Gasteiger partial charge in [0.15, 0.2) is 0 Å². The van der Waals surface area contributed by atoms with Crippen molar-refractivity contribution in [1.82, 2.24) is 15.1 Å². The van der Waals surface area contributed by atoms with Crippen LogP contribution in [0.5, 0.6) is 5.75 Å². The number of rotatable bonds is 4. The first-order valence-electron chi connectivity index (χ1n) is 9.66. The molecule has 28 heavy (non-hydrogen) atoms. The van der Waals surface area contributed by atoms with E-state index in [1.165, 1.54) is 6.07 Å². The van der Waals surface area contributed by atoms with Crippen molar-refractivity contribution in [3.05, 3.63) is 29.6 Å². The summed E-state index contributed by atoms with van der Waals surface area (Å²) < 4.78 is 18.9. The van der Waals surface area contributed by atoms with Crippen LogP contribution in [0, 0.1) is 17.2 Å². The smallest absolute Gasteiger partial charge is 0.226 e. The molecule has 8 heteroatoms. The SMILES string of the molecule is COc1ccc(F)cc1CN1CCN(C(=O)C2CC23CCNCC3)CC1.Cl.Cl. The molecule has 1 N–H and O–H groups in total. The molecule has 1 unspecified atom stereocenters. The number of carbonyl (C=O) groups is 1. The molecular weight excluding hydrogens is 404 g/mol. The van der Waals surface area contributed by atoms with Gasteiger partial charge >= 0.3 is 0 Å². The Balaban J connectivity index is 0.00000140. The Bertz CT molecular complexity index is 677. The van der Waals surface area contributed by atoms with Gasteiger partial charge in [-0.15, -0.1) is 24.8 Å². The lowest BCUT2D eigenvalue weighted by Gasteiger charge is -2.35. The molecule has 0 aromatic heterocycles. The number of ether oxygens (including phenoxy) is 1. The zero-order valence-electron chi connectivity index (χ0n) is 16.3. The lowest BCUT2D eigenvalue weighted by Crippen LogP contribution is -2.49. The number of amides is 1. The number of methoxy groups -OCH3 is 1. The Labute approximate surface area is 178 Å². The van der Waals surface area contributed by atoms with Crippen LogP contribution in [-0.2, 0) is 11.3 Å². The summed E-state index contributed by atoms with van der Waals surface area (Å²) in [5, 5.41) is 3.39. The average Bonchev–Trinajstić information content (AvgIpc) is 3.35. The first-order valence-corrected chi connectivity index (χ1v) is 9.66. The van der Waals surface area contributed by atoms with Crippen LogP contribution in [0.25, 0.3) is 0 Å². The molecule has 1 amide bonds. The number of carbonyl (C=O) groups excluding carboxylic acids is 1. The van der Waals surface area contributed by atoms with Crippen molar-refractivity contribution < 1.29 is 13.9 Å². The largest absolute Gasteiger partial charge is 0.496 e. The molecule has 3 fully saturated rings. The van der Waals surface area contributed by atoms with Gasteiger partial charge in [0.2, 0.25) is 5.91 Å². The number of benzene rings is 1. The summed E-state index contributed by atoms with van der Waals surface area (Å²) in [6.07, 6.45) is 3.36. The van der Waals surface area contributed by atoms with Crippen molar-refractivity contribution in [3.63, 3.8) is 0 Å². The molecule has 2 aliphatic heterocycles. The molecule has 1 aliphatic carbocycles. The van der Waals surface area contributed by atoms with Gasteiger partial charge in [-0.2, -0.15) is 0 Å². The summed E-state index contributed by atoms with van der Waals surface area (Å²) in [7, 11) is 1.61. The second-order valence-corrected chi connectivity index (χ2v) is 7.93. The van der Waals surface area contributed by atoms with E-state index < -0.39 is 0 Å². The van der Waals surface area contributed by atoms with Crippen LogP contribution in [0.2, 0.25) is 0 Å². The maximum atomic E-state index is 13.5. The average molecular weight is 434 g/mol. The van der Waals surface area contributed by atoms with E-state index in [1.54, 1.807) is 19.2 Å². The Morgan fingerprint density at radius 1 is 1.21 bits per heavy atom. The Hall–Kier alpha value is -1.08. The summed E-state index contributed by atoms with van der Waals surface area (Å²) >= 11 is 0. The van der Waals surface area contributed by atoms with E-state index in [0.717, 1.165) is 69.8 Å². The first-order chi connectivity index (χ1) is 12.6. The fraction of sp³-hybridized carbons (Fsp3) is 0.650. The van der Waals surface area contributed by atoms with Crippen molar-refractivity contribution in [1.29, 1.82) is 0 Å². The Morgan fingerprint density at radius 2 is 1.89 bits per heavy atom. The molecule has 1 saturated carbocycles. The van der Waals surface area contributed by atoms with Crippen LogP contribution in [0.15, 0.2) is 18.2 Å². The number of hydrogen-bond donors (Lipinski definition) is 1. The molecule has 1 atom stereocenters. The third-order valence-electron chi connectivity index (χ3n) is 6.41. The zero-order chi connectivity index (χ0) is 18.1. The Kier molecular flexibility index (Phi) is 7.97. The molecule has 0 radical (unpaired) electrons. The van der Waals surface area contributed by atoms with Crippen molar-refractivity contribution in [2.24, 2.45) is 11.3 Å². The highest BCUT2D eigenvalue weighted by atomic mass is 35.5. The maximum Gasteiger partial charge on any atom is 0.226 e. The van der Waals surface area contributed by atoms with Crippen LogP contribution in [0.3, 0.4) is 0 Å². The van der Waals surface area contributed by atoms with Crippen LogP contribution < -0.4 is 10.1 Å². The molecule has 1 aromatic carbocycles. The minimum atomic E-state index is -0.240. The fourth-order valence-electron chi connectivity index (χ4n) is 4.63. The predicted octanol–water partition coefficient (Wildman–Crippen LogP) is 2.71. The molecule has 0 bridgehead atoms. The van der Waals surface area contributed by atoms with Crippen LogP contribution in [0.1, 0.15) is 24.8 Å². The van der Waals surface area contributed by atoms with E-state index in [9.17, 15) is 9.18 Å². The van der Waals surface area contributed by atoms with E-state index >= 15 is 0 Å². The van der Waals surface area contributed by atoms with E-state index in [1.807, 2.05) is 4.90 Å². The van der Waals surface area contributed by atoms with E-state index in [-0.39, 0.29) is 36.5 Å². The van der Waals surface area contributed by atoms with Crippen molar-refractivity contribution in [2.45, 2.75) is 25.8 Å². The summed E-state index contributed by atoms with van der Waals surface area (Å²) in [5.74, 6) is 1.08. The highest BCUT2D eigenvalue weighted by Gasteiger charge is 2.58. The topological polar surface area (TPSA) is 44.8 Å². The number of piperazine rings is 1. The third kappa shape index (κ3) is 4.73. The number of hydrogen-bond acceptors (Lipinski definition) is 4. The predicted molar refractivity (Wildman–Crippen MR) is 112 cm³/mol. The minimum absolute atomic E-state index is 0. The Morgan fingerprint density at radius 3 is 2.54 bits per heavy atom. The summed E-state index contributed by atoms with van der Waals surface area (Å²) in [4.78, 5) is 17.2. The summed E-state index contributed by atoms with van der Waals surface area (Å²) in [6.45, 7) is 5.93. The third-order valence-corrected chi connectivity index (χ3v) is 6.41. The summed E-state index contributed by atoms with van der Waals surface area (Å²) in [6, 6.07) is 4.64. The molecule has 2 heterocycles. The number of piperidine rings is 1. The van der Waals surface area contributed by atoms with Crippen molar-refractivity contribution in [2.75, 3.05) is 46.4 Å². The quantitative estimate of drug-likeness (QED) is 0.792. The monoisotopic (exact) mass is 433 g/mol. The van der Waals surface area contributed by atoms with Crippen LogP contribution >= 0.6 is 24.8 Å². The maximum absolute atomic E-state index is 13.5. The highest BCUT2D eigenvalue weighted by Crippen LogP contribution is 2.59. The molecular formula is C20H30Cl2FN3O2. The normalized spacial score (nSPS) is 23.5. The lowest BCUT2D eigenvalue weighted by molar-refractivity contribution is -0.135. The lowest BCUT2D eigenvalue weighted by atomic mass is 9.91. The number of nitrogens with one attached hydrogen (secondary N) is 1. The molecule has 3 aliphatic rings. The molecule has 1 spiro atoms. The van der Waals surface area contributed by atoms with Gasteiger partial charge in [-0.25, -0.2) is 4.39 Å². The van der Waals surface area contributed by atoms with Gasteiger partial charge in [0.1, 0.15) is 11.6 Å². The standard InChI is InChI=1S/C20H28FN3O2.2ClH/c1-26-18-3-2-16(21)12-15(18)14-23-8-10-24(11-9-23)19(25)17-13-20(17)4-6-22-7-5-20;;/h2-3,12,17,22H,4-11,13-14H2,1H3;2*1H. The molecule has 2 saturated heterocycles. The van der Waals surface area contributed by atoms with Crippen LogP contribution in [-0.4, -0.2) is 62.1 Å². The van der Waals surface area contributed by atoms with Crippen molar-refractivity contribution >= 4 is 30.7 Å². The van der Waals surface area contributed by atoms with Gasteiger partial charge in [0, 0.05) is 44.2 Å². The van der Waals surface area contributed by atoms with Crippen molar-refractivity contribution in [3.8, 4) is 5.75 Å². The van der Waals surface area contributed by atoms with E-state index in [0.29, 0.717) is 17.9 Å². The van der Waals surface area contributed by atoms with Gasteiger partial charge in [0.25, 0.3) is 0 Å². The summed E-state index contributed by atoms with van der Waals surface area (Å²) in [5.41, 5.74) is 1.16. The van der Waals surface area contributed by atoms with E-state index in [4.69, 9.17) is 4.74 Å². The first kappa shape index (κ1) is 23.2. The molecule has 1 aromatic rings. The zero-order valence-corrected chi connectivity index (χ0v) is 17.9. The van der Waals surface area contributed by atoms with Gasteiger partial charge in [-0.05, 0) is 56.0 Å². The van der Waals surface area contributed by atoms with E-state index in [2.05, 4.69) is 10.2 Å². The number of halogens is 3. The van der Waals surface area contributed by atoms with Gasteiger partial charge < -0.3 is 15.0 Å². The highest BCUT2D eigenvalue weighted by molar-refractivity contribution is 5.85. The van der Waals surface area contributed by atoms with Gasteiger partial charge in [-0.3, -0.25) is 9.69 Å².